The first-order valence-electron chi connectivity index (χ1n) is 5.99. The maximum Gasteiger partial charge on any atom is 0.237 e. The van der Waals surface area contributed by atoms with Crippen LogP contribution in [0.25, 0.3) is 0 Å². The van der Waals surface area contributed by atoms with Gasteiger partial charge in [0.2, 0.25) is 5.91 Å². The van der Waals surface area contributed by atoms with Gasteiger partial charge >= 0.3 is 0 Å². The summed E-state index contributed by atoms with van der Waals surface area (Å²) >= 11 is 2.00. The third kappa shape index (κ3) is 3.38. The van der Waals surface area contributed by atoms with Crippen molar-refractivity contribution in [1.82, 2.24) is 10.6 Å². The Balaban J connectivity index is 1.66. The highest BCUT2D eigenvalue weighted by molar-refractivity contribution is 8.00. The SMILES string of the molecule is O=C(NCC1CCCS1)[C@H]1CCCCN1. The van der Waals surface area contributed by atoms with Gasteiger partial charge in [0, 0.05) is 11.8 Å². The van der Waals surface area contributed by atoms with E-state index in [1.807, 2.05) is 11.8 Å². The monoisotopic (exact) mass is 228 g/mol. The van der Waals surface area contributed by atoms with Gasteiger partial charge in [-0.25, -0.2) is 0 Å². The van der Waals surface area contributed by atoms with Crippen LogP contribution in [0.1, 0.15) is 32.1 Å². The van der Waals surface area contributed by atoms with Crippen molar-refractivity contribution < 1.29 is 4.79 Å². The smallest absolute Gasteiger partial charge is 0.237 e. The van der Waals surface area contributed by atoms with Gasteiger partial charge < -0.3 is 10.6 Å². The Kier molecular flexibility index (Phi) is 4.32. The maximum atomic E-state index is 11.8. The molecule has 0 spiro atoms. The molecule has 0 radical (unpaired) electrons. The summed E-state index contributed by atoms with van der Waals surface area (Å²) in [6.07, 6.45) is 5.98. The molecule has 2 N–H and O–H groups in total. The van der Waals surface area contributed by atoms with Crippen molar-refractivity contribution in [2.75, 3.05) is 18.8 Å². The van der Waals surface area contributed by atoms with Crippen LogP contribution in [0.2, 0.25) is 0 Å². The van der Waals surface area contributed by atoms with Crippen molar-refractivity contribution in [2.24, 2.45) is 0 Å². The summed E-state index contributed by atoms with van der Waals surface area (Å²) in [5, 5.41) is 7.01. The summed E-state index contributed by atoms with van der Waals surface area (Å²) in [6.45, 7) is 1.86. The molecular formula is C11H20N2OS. The molecule has 0 bridgehead atoms. The van der Waals surface area contributed by atoms with Gasteiger partial charge in [0.05, 0.1) is 6.04 Å². The number of piperidine rings is 1. The molecule has 1 unspecified atom stereocenters. The molecule has 86 valence electrons. The molecule has 0 aromatic rings. The van der Waals surface area contributed by atoms with Crippen molar-refractivity contribution in [3.63, 3.8) is 0 Å². The first-order valence-corrected chi connectivity index (χ1v) is 7.04. The summed E-state index contributed by atoms with van der Waals surface area (Å²) in [7, 11) is 0. The second kappa shape index (κ2) is 5.75. The van der Waals surface area contributed by atoms with Crippen molar-refractivity contribution in [3.05, 3.63) is 0 Å². The highest BCUT2D eigenvalue weighted by Gasteiger charge is 2.22. The van der Waals surface area contributed by atoms with Crippen LogP contribution in [0, 0.1) is 0 Å². The predicted octanol–water partition coefficient (Wildman–Crippen LogP) is 1.14. The fourth-order valence-electron chi connectivity index (χ4n) is 2.22. The van der Waals surface area contributed by atoms with E-state index in [-0.39, 0.29) is 11.9 Å². The highest BCUT2D eigenvalue weighted by Crippen LogP contribution is 2.25. The summed E-state index contributed by atoms with van der Waals surface area (Å²) < 4.78 is 0. The average molecular weight is 228 g/mol. The molecule has 2 rings (SSSR count). The number of carbonyl (C=O) groups excluding carboxylic acids is 1. The van der Waals surface area contributed by atoms with E-state index in [2.05, 4.69) is 10.6 Å². The summed E-state index contributed by atoms with van der Waals surface area (Å²) in [4.78, 5) is 11.8. The molecule has 0 aromatic heterocycles. The third-order valence-corrected chi connectivity index (χ3v) is 4.55. The Labute approximate surface area is 95.8 Å². The lowest BCUT2D eigenvalue weighted by Gasteiger charge is -2.23. The molecule has 0 aliphatic carbocycles. The van der Waals surface area contributed by atoms with Crippen molar-refractivity contribution in [3.8, 4) is 0 Å². The van der Waals surface area contributed by atoms with E-state index >= 15 is 0 Å². The predicted molar refractivity (Wildman–Crippen MR) is 64.1 cm³/mol. The Hall–Kier alpha value is -0.220. The number of amides is 1. The number of hydrogen-bond donors (Lipinski definition) is 2. The third-order valence-electron chi connectivity index (χ3n) is 3.15. The quantitative estimate of drug-likeness (QED) is 0.761. The molecule has 2 aliphatic heterocycles. The topological polar surface area (TPSA) is 41.1 Å². The molecule has 0 aromatic carbocycles. The van der Waals surface area contributed by atoms with Crippen molar-refractivity contribution >= 4 is 17.7 Å². The van der Waals surface area contributed by atoms with Gasteiger partial charge in [-0.05, 0) is 38.0 Å². The number of thioether (sulfide) groups is 1. The van der Waals surface area contributed by atoms with E-state index in [1.54, 1.807) is 0 Å². The molecule has 0 saturated carbocycles. The number of nitrogens with one attached hydrogen (secondary N) is 2. The summed E-state index contributed by atoms with van der Waals surface area (Å²) in [6, 6.07) is 0.0742. The van der Waals surface area contributed by atoms with Crippen LogP contribution in [0.5, 0.6) is 0 Å². The molecule has 2 fully saturated rings. The fourth-order valence-corrected chi connectivity index (χ4v) is 3.42. The first-order chi connectivity index (χ1) is 7.36. The van der Waals surface area contributed by atoms with Gasteiger partial charge in [-0.2, -0.15) is 11.8 Å². The molecule has 15 heavy (non-hydrogen) atoms. The molecule has 1 amide bonds. The van der Waals surface area contributed by atoms with Gasteiger partial charge in [0.1, 0.15) is 0 Å². The van der Waals surface area contributed by atoms with Crippen LogP contribution in [0.3, 0.4) is 0 Å². The van der Waals surface area contributed by atoms with Crippen molar-refractivity contribution in [2.45, 2.75) is 43.4 Å². The second-order valence-corrected chi connectivity index (χ2v) is 5.79. The molecule has 2 heterocycles. The van der Waals surface area contributed by atoms with E-state index in [1.165, 1.54) is 31.4 Å². The normalized spacial score (nSPS) is 31.5. The van der Waals surface area contributed by atoms with Gasteiger partial charge in [-0.15, -0.1) is 0 Å². The molecular weight excluding hydrogens is 208 g/mol. The highest BCUT2D eigenvalue weighted by atomic mass is 32.2. The Morgan fingerprint density at radius 2 is 2.27 bits per heavy atom. The maximum absolute atomic E-state index is 11.8. The lowest BCUT2D eigenvalue weighted by atomic mass is 10.0. The van der Waals surface area contributed by atoms with E-state index in [9.17, 15) is 4.79 Å². The minimum atomic E-state index is 0.0742. The first kappa shape index (κ1) is 11.3. The Morgan fingerprint density at radius 1 is 1.33 bits per heavy atom. The number of hydrogen-bond acceptors (Lipinski definition) is 3. The Morgan fingerprint density at radius 3 is 2.93 bits per heavy atom. The summed E-state index contributed by atoms with van der Waals surface area (Å²) in [5.74, 6) is 1.48. The fraction of sp³-hybridized carbons (Fsp3) is 0.909. The minimum absolute atomic E-state index is 0.0742. The second-order valence-electron chi connectivity index (χ2n) is 4.38. The zero-order valence-electron chi connectivity index (χ0n) is 9.13. The summed E-state index contributed by atoms with van der Waals surface area (Å²) in [5.41, 5.74) is 0. The van der Waals surface area contributed by atoms with E-state index in [4.69, 9.17) is 0 Å². The zero-order chi connectivity index (χ0) is 10.5. The van der Waals surface area contributed by atoms with Crippen LogP contribution in [-0.2, 0) is 4.79 Å². The van der Waals surface area contributed by atoms with E-state index in [0.29, 0.717) is 5.25 Å². The van der Waals surface area contributed by atoms with E-state index < -0.39 is 0 Å². The minimum Gasteiger partial charge on any atom is -0.354 e. The van der Waals surface area contributed by atoms with Gasteiger partial charge in [-0.1, -0.05) is 6.42 Å². The van der Waals surface area contributed by atoms with Crippen LogP contribution in [-0.4, -0.2) is 36.0 Å². The van der Waals surface area contributed by atoms with Gasteiger partial charge in [0.25, 0.3) is 0 Å². The van der Waals surface area contributed by atoms with Crippen LogP contribution >= 0.6 is 11.8 Å². The van der Waals surface area contributed by atoms with Crippen LogP contribution < -0.4 is 10.6 Å². The van der Waals surface area contributed by atoms with Crippen LogP contribution in [0.15, 0.2) is 0 Å². The van der Waals surface area contributed by atoms with E-state index in [0.717, 1.165) is 19.5 Å². The molecule has 4 heteroatoms. The van der Waals surface area contributed by atoms with Crippen molar-refractivity contribution in [1.29, 1.82) is 0 Å². The largest absolute Gasteiger partial charge is 0.354 e. The lowest BCUT2D eigenvalue weighted by molar-refractivity contribution is -0.123. The molecule has 3 nitrogen and oxygen atoms in total. The molecule has 2 atom stereocenters. The van der Waals surface area contributed by atoms with Gasteiger partial charge in [0.15, 0.2) is 0 Å². The number of carbonyl (C=O) groups is 1. The van der Waals surface area contributed by atoms with Crippen LogP contribution in [0.4, 0.5) is 0 Å². The molecule has 2 saturated heterocycles. The number of rotatable bonds is 3. The average Bonchev–Trinajstić information content (AvgIpc) is 2.80. The molecule has 2 aliphatic rings. The zero-order valence-corrected chi connectivity index (χ0v) is 9.94. The van der Waals surface area contributed by atoms with Gasteiger partial charge in [-0.3, -0.25) is 4.79 Å². The standard InChI is InChI=1S/C11H20N2OS/c14-11(10-5-1-2-6-12-10)13-8-9-4-3-7-15-9/h9-10,12H,1-8H2,(H,13,14)/t9?,10-/m1/s1. The lowest BCUT2D eigenvalue weighted by Crippen LogP contribution is -2.47. The Bertz CT molecular complexity index is 211.